The van der Waals surface area contributed by atoms with E-state index in [1.165, 1.54) is 16.0 Å². The number of fused-ring (bicyclic) bond motifs is 1. The Morgan fingerprint density at radius 2 is 1.85 bits per heavy atom. The van der Waals surface area contributed by atoms with Gasteiger partial charge < -0.3 is 5.32 Å². The summed E-state index contributed by atoms with van der Waals surface area (Å²) in [6.45, 7) is 2.54. The lowest BCUT2D eigenvalue weighted by molar-refractivity contribution is 0.0929. The fourth-order valence-corrected chi connectivity index (χ4v) is 4.69. The largest absolute Gasteiger partial charge is 0.350 e. The standard InChI is InChI=1S/C22H21BrN2OS/c23-19-9-7-17(8-10-19)22(26)24-14-20(21-6-3-13-27-21)25-12-11-16-4-1-2-5-18(16)15-25/h1-10,13,20H,11-12,14-15H2,(H,24,26). The number of carbonyl (C=O) groups is 1. The van der Waals surface area contributed by atoms with Crippen molar-refractivity contribution in [3.05, 3.63) is 92.1 Å². The molecule has 1 aliphatic rings. The second-order valence-corrected chi connectivity index (χ2v) is 8.63. The van der Waals surface area contributed by atoms with E-state index < -0.39 is 0 Å². The molecule has 2 heterocycles. The summed E-state index contributed by atoms with van der Waals surface area (Å²) in [4.78, 5) is 16.3. The summed E-state index contributed by atoms with van der Waals surface area (Å²) in [6.07, 6.45) is 1.05. The van der Waals surface area contributed by atoms with Gasteiger partial charge in [-0.2, -0.15) is 0 Å². The van der Waals surface area contributed by atoms with E-state index in [9.17, 15) is 4.79 Å². The molecule has 1 N–H and O–H groups in total. The van der Waals surface area contributed by atoms with Gasteiger partial charge in [0.25, 0.3) is 5.91 Å². The summed E-state index contributed by atoms with van der Waals surface area (Å²) < 4.78 is 0.975. The fourth-order valence-electron chi connectivity index (χ4n) is 3.57. The van der Waals surface area contributed by atoms with Crippen LogP contribution in [0.3, 0.4) is 0 Å². The van der Waals surface area contributed by atoms with Gasteiger partial charge in [-0.3, -0.25) is 9.69 Å². The van der Waals surface area contributed by atoms with Crippen molar-refractivity contribution >= 4 is 33.2 Å². The maximum Gasteiger partial charge on any atom is 0.251 e. The van der Waals surface area contributed by atoms with Crippen LogP contribution in [0.15, 0.2) is 70.5 Å². The normalized spacial score (nSPS) is 15.1. The van der Waals surface area contributed by atoms with Crippen molar-refractivity contribution < 1.29 is 4.79 Å². The van der Waals surface area contributed by atoms with Crippen molar-refractivity contribution in [2.24, 2.45) is 0 Å². The monoisotopic (exact) mass is 440 g/mol. The van der Waals surface area contributed by atoms with E-state index in [-0.39, 0.29) is 11.9 Å². The third kappa shape index (κ3) is 4.32. The Bertz CT molecular complexity index is 908. The zero-order valence-electron chi connectivity index (χ0n) is 14.9. The molecule has 0 fully saturated rings. The molecule has 1 atom stereocenters. The van der Waals surface area contributed by atoms with E-state index in [2.05, 4.69) is 67.9 Å². The zero-order valence-corrected chi connectivity index (χ0v) is 17.3. The molecular weight excluding hydrogens is 420 g/mol. The summed E-state index contributed by atoms with van der Waals surface area (Å²) in [6, 6.07) is 20.6. The highest BCUT2D eigenvalue weighted by atomic mass is 79.9. The topological polar surface area (TPSA) is 32.3 Å². The van der Waals surface area contributed by atoms with Gasteiger partial charge in [-0.25, -0.2) is 0 Å². The van der Waals surface area contributed by atoms with Gasteiger partial charge in [0.15, 0.2) is 0 Å². The third-order valence-corrected chi connectivity index (χ3v) is 6.54. The quantitative estimate of drug-likeness (QED) is 0.602. The van der Waals surface area contributed by atoms with Gasteiger partial charge in [-0.15, -0.1) is 11.3 Å². The van der Waals surface area contributed by atoms with Gasteiger partial charge in [0.2, 0.25) is 0 Å². The number of thiophene rings is 1. The minimum Gasteiger partial charge on any atom is -0.350 e. The second-order valence-electron chi connectivity index (χ2n) is 6.74. The van der Waals surface area contributed by atoms with Crippen LogP contribution in [0.25, 0.3) is 0 Å². The number of carbonyl (C=O) groups excluding carboxylic acids is 1. The zero-order chi connectivity index (χ0) is 18.6. The lowest BCUT2D eigenvalue weighted by Gasteiger charge is -2.35. The van der Waals surface area contributed by atoms with Crippen LogP contribution >= 0.6 is 27.3 Å². The second kappa shape index (κ2) is 8.38. The van der Waals surface area contributed by atoms with Crippen LogP contribution < -0.4 is 5.32 Å². The molecule has 3 aromatic rings. The Morgan fingerprint density at radius 3 is 2.59 bits per heavy atom. The predicted octanol–water partition coefficient (Wildman–Crippen LogP) is 5.04. The maximum absolute atomic E-state index is 12.6. The maximum atomic E-state index is 12.6. The molecule has 0 saturated heterocycles. The van der Waals surface area contributed by atoms with Gasteiger partial charge in [0.1, 0.15) is 0 Å². The van der Waals surface area contributed by atoms with Crippen LogP contribution in [0.1, 0.15) is 32.4 Å². The van der Waals surface area contributed by atoms with Crippen LogP contribution in [-0.4, -0.2) is 23.9 Å². The number of rotatable bonds is 5. The molecule has 5 heteroatoms. The first kappa shape index (κ1) is 18.4. The van der Waals surface area contributed by atoms with Crippen LogP contribution in [0.4, 0.5) is 0 Å². The average molecular weight is 441 g/mol. The molecule has 0 saturated carbocycles. The van der Waals surface area contributed by atoms with E-state index in [1.807, 2.05) is 24.3 Å². The molecule has 2 aromatic carbocycles. The van der Waals surface area contributed by atoms with Crippen molar-refractivity contribution in [3.63, 3.8) is 0 Å². The van der Waals surface area contributed by atoms with Crippen molar-refractivity contribution in [2.75, 3.05) is 13.1 Å². The van der Waals surface area contributed by atoms with Gasteiger partial charge in [0.05, 0.1) is 6.04 Å². The molecule has 0 spiro atoms. The van der Waals surface area contributed by atoms with E-state index in [0.29, 0.717) is 12.1 Å². The molecule has 1 aromatic heterocycles. The van der Waals surface area contributed by atoms with Crippen molar-refractivity contribution in [1.82, 2.24) is 10.2 Å². The number of hydrogen-bond acceptors (Lipinski definition) is 3. The Kier molecular flexibility index (Phi) is 5.72. The smallest absolute Gasteiger partial charge is 0.251 e. The summed E-state index contributed by atoms with van der Waals surface area (Å²) in [5, 5.41) is 5.25. The number of hydrogen-bond donors (Lipinski definition) is 1. The van der Waals surface area contributed by atoms with Gasteiger partial charge >= 0.3 is 0 Å². The Morgan fingerprint density at radius 1 is 1.07 bits per heavy atom. The van der Waals surface area contributed by atoms with E-state index in [1.54, 1.807) is 11.3 Å². The molecule has 4 rings (SSSR count). The number of amides is 1. The lowest BCUT2D eigenvalue weighted by Crippen LogP contribution is -2.40. The highest BCUT2D eigenvalue weighted by Crippen LogP contribution is 2.30. The SMILES string of the molecule is O=C(NCC(c1cccs1)N1CCc2ccccc2C1)c1ccc(Br)cc1. The molecule has 138 valence electrons. The number of nitrogens with one attached hydrogen (secondary N) is 1. The molecular formula is C22H21BrN2OS. The summed E-state index contributed by atoms with van der Waals surface area (Å²) in [7, 11) is 0. The van der Waals surface area contributed by atoms with Crippen molar-refractivity contribution in [1.29, 1.82) is 0 Å². The molecule has 1 unspecified atom stereocenters. The van der Waals surface area contributed by atoms with Gasteiger partial charge in [-0.1, -0.05) is 46.3 Å². The van der Waals surface area contributed by atoms with Crippen LogP contribution in [0.5, 0.6) is 0 Å². The van der Waals surface area contributed by atoms with Crippen molar-refractivity contribution in [2.45, 2.75) is 19.0 Å². The first-order valence-corrected chi connectivity index (χ1v) is 10.8. The van der Waals surface area contributed by atoms with Crippen molar-refractivity contribution in [3.8, 4) is 0 Å². The average Bonchev–Trinajstić information content (AvgIpc) is 3.23. The summed E-state index contributed by atoms with van der Waals surface area (Å²) >= 11 is 5.17. The van der Waals surface area contributed by atoms with Gasteiger partial charge in [0, 0.05) is 34.5 Å². The first-order valence-electron chi connectivity index (χ1n) is 9.09. The highest BCUT2D eigenvalue weighted by molar-refractivity contribution is 9.10. The predicted molar refractivity (Wildman–Crippen MR) is 114 cm³/mol. The molecule has 1 amide bonds. The molecule has 0 bridgehead atoms. The van der Waals surface area contributed by atoms with E-state index in [4.69, 9.17) is 0 Å². The molecule has 3 nitrogen and oxygen atoms in total. The number of halogens is 1. The molecule has 1 aliphatic heterocycles. The van der Waals surface area contributed by atoms with E-state index >= 15 is 0 Å². The molecule has 0 aliphatic carbocycles. The summed E-state index contributed by atoms with van der Waals surface area (Å²) in [5.41, 5.74) is 3.52. The van der Waals surface area contributed by atoms with E-state index in [0.717, 1.165) is 24.0 Å². The molecule has 27 heavy (non-hydrogen) atoms. The number of benzene rings is 2. The van der Waals surface area contributed by atoms with Crippen LogP contribution in [-0.2, 0) is 13.0 Å². The Balaban J connectivity index is 1.49. The minimum absolute atomic E-state index is 0.0264. The Labute approximate surface area is 172 Å². The summed E-state index contributed by atoms with van der Waals surface area (Å²) in [5.74, 6) is -0.0264. The fraction of sp³-hybridized carbons (Fsp3) is 0.227. The number of nitrogens with zero attached hydrogens (tertiary/aromatic N) is 1. The highest BCUT2D eigenvalue weighted by Gasteiger charge is 2.26. The molecule has 0 radical (unpaired) electrons. The lowest BCUT2D eigenvalue weighted by atomic mass is 9.98. The van der Waals surface area contributed by atoms with Crippen LogP contribution in [0, 0.1) is 0 Å². The van der Waals surface area contributed by atoms with Crippen LogP contribution in [0.2, 0.25) is 0 Å². The third-order valence-electron chi connectivity index (χ3n) is 5.03. The Hall–Kier alpha value is -1.95. The van der Waals surface area contributed by atoms with Gasteiger partial charge in [-0.05, 0) is 53.3 Å². The first-order chi connectivity index (χ1) is 13.2. The minimum atomic E-state index is -0.0264.